The molecule has 0 saturated heterocycles. The first-order chi connectivity index (χ1) is 7.32. The lowest BCUT2D eigenvalue weighted by molar-refractivity contribution is -0.120. The van der Waals surface area contributed by atoms with Crippen LogP contribution in [-0.4, -0.2) is 24.5 Å². The van der Waals surface area contributed by atoms with Gasteiger partial charge in [-0.3, -0.25) is 4.79 Å². The zero-order valence-electron chi connectivity index (χ0n) is 11.0. The first kappa shape index (κ1) is 15.4. The zero-order valence-corrected chi connectivity index (χ0v) is 11.0. The van der Waals surface area contributed by atoms with E-state index >= 15 is 0 Å². The van der Waals surface area contributed by atoms with Crippen molar-refractivity contribution in [3.05, 3.63) is 0 Å². The van der Waals surface area contributed by atoms with Gasteiger partial charge < -0.3 is 16.8 Å². The van der Waals surface area contributed by atoms with Gasteiger partial charge in [-0.2, -0.15) is 0 Å². The quantitative estimate of drug-likeness (QED) is 0.577. The summed E-state index contributed by atoms with van der Waals surface area (Å²) in [6.45, 7) is 9.08. The summed E-state index contributed by atoms with van der Waals surface area (Å²) in [5.74, 6) is 0.741. The molecule has 4 heteroatoms. The molecule has 0 fully saturated rings. The summed E-state index contributed by atoms with van der Waals surface area (Å²) in [6.07, 6.45) is 1.73. The molecule has 0 bridgehead atoms. The van der Waals surface area contributed by atoms with Crippen LogP contribution in [0.1, 0.15) is 40.5 Å². The van der Waals surface area contributed by atoms with E-state index in [1.807, 2.05) is 0 Å². The summed E-state index contributed by atoms with van der Waals surface area (Å²) in [5.41, 5.74) is 11.3. The number of primary amides is 1. The van der Waals surface area contributed by atoms with Crippen molar-refractivity contribution < 1.29 is 4.79 Å². The minimum absolute atomic E-state index is 0.0917. The number of amides is 1. The number of rotatable bonds is 8. The smallest absolute Gasteiger partial charge is 0.234 e. The van der Waals surface area contributed by atoms with E-state index in [1.54, 1.807) is 0 Å². The number of carbonyl (C=O) groups is 1. The van der Waals surface area contributed by atoms with Crippen LogP contribution in [0.5, 0.6) is 0 Å². The average molecular weight is 229 g/mol. The molecule has 0 aliphatic heterocycles. The number of nitrogens with two attached hydrogens (primary N) is 2. The van der Waals surface area contributed by atoms with Gasteiger partial charge in [0, 0.05) is 12.6 Å². The predicted molar refractivity (Wildman–Crippen MR) is 67.9 cm³/mol. The largest absolute Gasteiger partial charge is 0.368 e. The van der Waals surface area contributed by atoms with Crippen LogP contribution in [0.2, 0.25) is 0 Å². The number of carbonyl (C=O) groups excluding carboxylic acids is 1. The molecule has 0 aliphatic carbocycles. The fraction of sp³-hybridized carbons (Fsp3) is 0.917. The van der Waals surface area contributed by atoms with E-state index < -0.39 is 0 Å². The van der Waals surface area contributed by atoms with Crippen molar-refractivity contribution in [1.29, 1.82) is 0 Å². The summed E-state index contributed by atoms with van der Waals surface area (Å²) in [6, 6.07) is -0.160. The van der Waals surface area contributed by atoms with E-state index in [2.05, 4.69) is 33.0 Å². The SMILES string of the molecule is CC(C)C[C@H](N)CN[C@@H](CC(C)C)C(N)=O. The molecule has 0 aliphatic rings. The summed E-state index contributed by atoms with van der Waals surface area (Å²) < 4.78 is 0. The molecule has 0 rings (SSSR count). The van der Waals surface area contributed by atoms with Crippen molar-refractivity contribution in [3.8, 4) is 0 Å². The van der Waals surface area contributed by atoms with Gasteiger partial charge in [0.25, 0.3) is 0 Å². The van der Waals surface area contributed by atoms with Crippen molar-refractivity contribution in [3.63, 3.8) is 0 Å². The minimum atomic E-state index is -0.287. The standard InChI is InChI=1S/C12H27N3O/c1-8(2)5-10(13)7-15-11(12(14)16)6-9(3)4/h8-11,15H,5-7,13H2,1-4H3,(H2,14,16)/t10-,11-/m0/s1. The van der Waals surface area contributed by atoms with E-state index in [0.717, 1.165) is 12.8 Å². The van der Waals surface area contributed by atoms with Gasteiger partial charge in [-0.1, -0.05) is 27.7 Å². The third-order valence-electron chi connectivity index (χ3n) is 2.45. The summed E-state index contributed by atoms with van der Waals surface area (Å²) in [7, 11) is 0. The highest BCUT2D eigenvalue weighted by Crippen LogP contribution is 2.06. The van der Waals surface area contributed by atoms with Crippen LogP contribution in [0.4, 0.5) is 0 Å². The maximum atomic E-state index is 11.2. The lowest BCUT2D eigenvalue weighted by atomic mass is 10.0. The van der Waals surface area contributed by atoms with E-state index in [1.165, 1.54) is 0 Å². The molecule has 2 atom stereocenters. The maximum Gasteiger partial charge on any atom is 0.234 e. The lowest BCUT2D eigenvalue weighted by Gasteiger charge is -2.21. The second kappa shape index (κ2) is 7.63. The number of nitrogens with one attached hydrogen (secondary N) is 1. The molecule has 5 N–H and O–H groups in total. The van der Waals surface area contributed by atoms with Gasteiger partial charge >= 0.3 is 0 Å². The van der Waals surface area contributed by atoms with Crippen molar-refractivity contribution in [2.75, 3.05) is 6.54 Å². The molecular weight excluding hydrogens is 202 g/mol. The maximum absolute atomic E-state index is 11.2. The second-order valence-corrected chi connectivity index (χ2v) is 5.38. The molecule has 0 saturated carbocycles. The Labute approximate surface area is 99.1 Å². The predicted octanol–water partition coefficient (Wildman–Crippen LogP) is 0.849. The molecule has 4 nitrogen and oxygen atoms in total. The molecular formula is C12H27N3O. The molecule has 0 aromatic heterocycles. The Balaban J connectivity index is 3.97. The topological polar surface area (TPSA) is 81.1 Å². The van der Waals surface area contributed by atoms with Gasteiger partial charge in [0.1, 0.15) is 0 Å². The highest BCUT2D eigenvalue weighted by molar-refractivity contribution is 5.79. The number of hydrogen-bond donors (Lipinski definition) is 3. The van der Waals surface area contributed by atoms with Crippen LogP contribution in [0.25, 0.3) is 0 Å². The fourth-order valence-corrected chi connectivity index (χ4v) is 1.75. The highest BCUT2D eigenvalue weighted by atomic mass is 16.1. The summed E-state index contributed by atoms with van der Waals surface area (Å²) in [4.78, 5) is 11.2. The minimum Gasteiger partial charge on any atom is -0.368 e. The van der Waals surface area contributed by atoms with E-state index in [4.69, 9.17) is 11.5 Å². The van der Waals surface area contributed by atoms with Gasteiger partial charge in [0.05, 0.1) is 6.04 Å². The Morgan fingerprint density at radius 2 is 1.62 bits per heavy atom. The Morgan fingerprint density at radius 3 is 2.00 bits per heavy atom. The molecule has 0 aromatic rings. The van der Waals surface area contributed by atoms with Crippen LogP contribution in [0.15, 0.2) is 0 Å². The van der Waals surface area contributed by atoms with Gasteiger partial charge in [-0.15, -0.1) is 0 Å². The molecule has 0 radical (unpaired) electrons. The van der Waals surface area contributed by atoms with E-state index in [-0.39, 0.29) is 18.0 Å². The van der Waals surface area contributed by atoms with E-state index in [0.29, 0.717) is 18.4 Å². The molecule has 96 valence electrons. The van der Waals surface area contributed by atoms with E-state index in [9.17, 15) is 4.79 Å². The number of hydrogen-bond acceptors (Lipinski definition) is 3. The molecule has 0 heterocycles. The van der Waals surface area contributed by atoms with Crippen LogP contribution < -0.4 is 16.8 Å². The first-order valence-electron chi connectivity index (χ1n) is 6.11. The molecule has 0 unspecified atom stereocenters. The first-order valence-corrected chi connectivity index (χ1v) is 6.11. The third kappa shape index (κ3) is 7.65. The van der Waals surface area contributed by atoms with Gasteiger partial charge in [0.15, 0.2) is 0 Å². The molecule has 16 heavy (non-hydrogen) atoms. The van der Waals surface area contributed by atoms with Crippen molar-refractivity contribution in [1.82, 2.24) is 5.32 Å². The van der Waals surface area contributed by atoms with Crippen molar-refractivity contribution in [2.24, 2.45) is 23.3 Å². The lowest BCUT2D eigenvalue weighted by Crippen LogP contribution is -2.47. The molecule has 1 amide bonds. The zero-order chi connectivity index (χ0) is 12.7. The van der Waals surface area contributed by atoms with Gasteiger partial charge in [0.2, 0.25) is 5.91 Å². The van der Waals surface area contributed by atoms with Crippen molar-refractivity contribution in [2.45, 2.75) is 52.6 Å². The Hall–Kier alpha value is -0.610. The average Bonchev–Trinajstić information content (AvgIpc) is 2.09. The Bertz CT molecular complexity index is 204. The third-order valence-corrected chi connectivity index (χ3v) is 2.45. The summed E-state index contributed by atoms with van der Waals surface area (Å²) in [5, 5.41) is 3.16. The van der Waals surface area contributed by atoms with Crippen LogP contribution in [0.3, 0.4) is 0 Å². The molecule has 0 aromatic carbocycles. The Kier molecular flexibility index (Phi) is 7.34. The van der Waals surface area contributed by atoms with Crippen LogP contribution in [-0.2, 0) is 4.79 Å². The van der Waals surface area contributed by atoms with Gasteiger partial charge in [-0.05, 0) is 24.7 Å². The second-order valence-electron chi connectivity index (χ2n) is 5.38. The summed E-state index contributed by atoms with van der Waals surface area (Å²) >= 11 is 0. The van der Waals surface area contributed by atoms with Crippen LogP contribution >= 0.6 is 0 Å². The fourth-order valence-electron chi connectivity index (χ4n) is 1.75. The monoisotopic (exact) mass is 229 g/mol. The molecule has 0 spiro atoms. The highest BCUT2D eigenvalue weighted by Gasteiger charge is 2.17. The van der Waals surface area contributed by atoms with Gasteiger partial charge in [-0.25, -0.2) is 0 Å². The van der Waals surface area contributed by atoms with Crippen LogP contribution in [0, 0.1) is 11.8 Å². The van der Waals surface area contributed by atoms with Crippen molar-refractivity contribution >= 4 is 5.91 Å². The normalized spacial score (nSPS) is 15.4. The Morgan fingerprint density at radius 1 is 1.12 bits per heavy atom.